The van der Waals surface area contributed by atoms with Crippen LogP contribution in [-0.4, -0.2) is 25.4 Å². The highest BCUT2D eigenvalue weighted by atomic mass is 16.3. The molecule has 19 heavy (non-hydrogen) atoms. The van der Waals surface area contributed by atoms with Gasteiger partial charge in [-0.05, 0) is 26.0 Å². The fraction of sp³-hybridized carbons (Fsp3) is 0.231. The minimum atomic E-state index is 0.0501. The molecule has 3 aromatic rings. The number of ketones is 1. The molecule has 0 atom stereocenters. The van der Waals surface area contributed by atoms with Crippen molar-refractivity contribution in [3.8, 4) is 11.5 Å². The lowest BCUT2D eigenvalue weighted by Gasteiger charge is -2.03. The molecule has 0 aliphatic heterocycles. The number of rotatable bonds is 3. The molecule has 6 heteroatoms. The van der Waals surface area contributed by atoms with Crippen LogP contribution in [0.4, 0.5) is 0 Å². The second kappa shape index (κ2) is 4.31. The average Bonchev–Trinajstić information content (AvgIpc) is 2.94. The van der Waals surface area contributed by atoms with Gasteiger partial charge in [-0.15, -0.1) is 0 Å². The number of hydrogen-bond donors (Lipinski definition) is 0. The SMILES string of the molecule is CC(=O)Cc1cn2nc(C)nc2c(-c2ccco2)n1. The van der Waals surface area contributed by atoms with Gasteiger partial charge >= 0.3 is 0 Å². The van der Waals surface area contributed by atoms with Crippen molar-refractivity contribution >= 4 is 11.4 Å². The first kappa shape index (κ1) is 11.6. The maximum atomic E-state index is 11.2. The van der Waals surface area contributed by atoms with Gasteiger partial charge in [0, 0.05) is 6.42 Å². The van der Waals surface area contributed by atoms with Gasteiger partial charge in [0.1, 0.15) is 11.6 Å². The van der Waals surface area contributed by atoms with E-state index in [-0.39, 0.29) is 12.2 Å². The van der Waals surface area contributed by atoms with Crippen LogP contribution < -0.4 is 0 Å². The molecule has 0 bridgehead atoms. The summed E-state index contributed by atoms with van der Waals surface area (Å²) >= 11 is 0. The fourth-order valence-corrected chi connectivity index (χ4v) is 1.96. The van der Waals surface area contributed by atoms with E-state index in [0.717, 1.165) is 0 Å². The number of carbonyl (C=O) groups excluding carboxylic acids is 1. The first-order valence-electron chi connectivity index (χ1n) is 5.89. The Morgan fingerprint density at radius 1 is 1.42 bits per heavy atom. The van der Waals surface area contributed by atoms with Crippen LogP contribution in [0.3, 0.4) is 0 Å². The highest BCUT2D eigenvalue weighted by Crippen LogP contribution is 2.22. The van der Waals surface area contributed by atoms with Gasteiger partial charge in [0.15, 0.2) is 17.1 Å². The fourth-order valence-electron chi connectivity index (χ4n) is 1.96. The maximum Gasteiger partial charge on any atom is 0.185 e. The van der Waals surface area contributed by atoms with Crippen LogP contribution in [0.5, 0.6) is 0 Å². The Kier molecular flexibility index (Phi) is 2.63. The normalized spacial score (nSPS) is 11.1. The second-order valence-corrected chi connectivity index (χ2v) is 4.36. The zero-order valence-electron chi connectivity index (χ0n) is 10.6. The first-order valence-corrected chi connectivity index (χ1v) is 5.89. The summed E-state index contributed by atoms with van der Waals surface area (Å²) in [6.07, 6.45) is 3.57. The molecule has 0 aliphatic rings. The summed E-state index contributed by atoms with van der Waals surface area (Å²) in [5.41, 5.74) is 1.88. The summed E-state index contributed by atoms with van der Waals surface area (Å²) in [7, 11) is 0. The Hall–Kier alpha value is -2.50. The van der Waals surface area contributed by atoms with E-state index in [9.17, 15) is 4.79 Å². The molecule has 0 N–H and O–H groups in total. The van der Waals surface area contributed by atoms with E-state index in [1.807, 2.05) is 13.0 Å². The van der Waals surface area contributed by atoms with Gasteiger partial charge in [0.05, 0.1) is 18.2 Å². The van der Waals surface area contributed by atoms with Crippen LogP contribution in [0, 0.1) is 6.92 Å². The van der Waals surface area contributed by atoms with Crippen molar-refractivity contribution in [2.75, 3.05) is 0 Å². The van der Waals surface area contributed by atoms with E-state index in [0.29, 0.717) is 28.6 Å². The van der Waals surface area contributed by atoms with Crippen LogP contribution >= 0.6 is 0 Å². The monoisotopic (exact) mass is 256 g/mol. The molecular formula is C13H12N4O2. The van der Waals surface area contributed by atoms with Gasteiger partial charge < -0.3 is 4.42 Å². The zero-order chi connectivity index (χ0) is 13.4. The van der Waals surface area contributed by atoms with Crippen molar-refractivity contribution in [2.45, 2.75) is 20.3 Å². The third-order valence-electron chi connectivity index (χ3n) is 2.66. The molecule has 6 nitrogen and oxygen atoms in total. The van der Waals surface area contributed by atoms with Gasteiger partial charge in [-0.3, -0.25) is 4.79 Å². The summed E-state index contributed by atoms with van der Waals surface area (Å²) in [6.45, 7) is 3.34. The molecule has 3 aromatic heterocycles. The van der Waals surface area contributed by atoms with Gasteiger partial charge in [-0.1, -0.05) is 0 Å². The van der Waals surface area contributed by atoms with Crippen molar-refractivity contribution in [3.63, 3.8) is 0 Å². The van der Waals surface area contributed by atoms with Crippen molar-refractivity contribution < 1.29 is 9.21 Å². The Morgan fingerprint density at radius 3 is 2.95 bits per heavy atom. The summed E-state index contributed by atoms with van der Waals surface area (Å²) in [5.74, 6) is 1.31. The van der Waals surface area contributed by atoms with E-state index in [1.165, 1.54) is 6.92 Å². The molecule has 0 saturated carbocycles. The van der Waals surface area contributed by atoms with Gasteiger partial charge in [-0.2, -0.15) is 5.10 Å². The summed E-state index contributed by atoms with van der Waals surface area (Å²) in [6, 6.07) is 3.60. The third kappa shape index (κ3) is 2.12. The Morgan fingerprint density at radius 2 is 2.26 bits per heavy atom. The molecule has 96 valence electrons. The number of aryl methyl sites for hydroxylation is 1. The predicted octanol–water partition coefficient (Wildman–Crippen LogP) is 1.82. The van der Waals surface area contributed by atoms with Crippen LogP contribution in [0.2, 0.25) is 0 Å². The topological polar surface area (TPSA) is 73.3 Å². The minimum Gasteiger partial charge on any atom is -0.463 e. The molecular weight excluding hydrogens is 244 g/mol. The Labute approximate surface area is 109 Å². The standard InChI is InChI=1S/C13H12N4O2/c1-8(18)6-10-7-17-13(14-9(2)16-17)12(15-10)11-4-3-5-19-11/h3-5,7H,6H2,1-2H3. The third-order valence-corrected chi connectivity index (χ3v) is 2.66. The molecule has 0 amide bonds. The molecule has 0 saturated heterocycles. The molecule has 0 spiro atoms. The molecule has 3 heterocycles. The zero-order valence-corrected chi connectivity index (χ0v) is 10.6. The highest BCUT2D eigenvalue weighted by molar-refractivity contribution is 5.78. The number of hydrogen-bond acceptors (Lipinski definition) is 5. The molecule has 0 aromatic carbocycles. The first-order chi connectivity index (χ1) is 9.13. The lowest BCUT2D eigenvalue weighted by molar-refractivity contribution is -0.116. The maximum absolute atomic E-state index is 11.2. The average molecular weight is 256 g/mol. The summed E-state index contributed by atoms with van der Waals surface area (Å²) in [4.78, 5) is 20.0. The molecule has 0 fully saturated rings. The highest BCUT2D eigenvalue weighted by Gasteiger charge is 2.14. The number of fused-ring (bicyclic) bond motifs is 1. The second-order valence-electron chi connectivity index (χ2n) is 4.36. The molecule has 3 rings (SSSR count). The van der Waals surface area contributed by atoms with E-state index in [4.69, 9.17) is 4.42 Å². The summed E-state index contributed by atoms with van der Waals surface area (Å²) in [5, 5.41) is 4.26. The van der Waals surface area contributed by atoms with Crippen LogP contribution in [0.15, 0.2) is 29.0 Å². The van der Waals surface area contributed by atoms with Crippen LogP contribution in [0.25, 0.3) is 17.1 Å². The van der Waals surface area contributed by atoms with Crippen molar-refractivity contribution in [1.29, 1.82) is 0 Å². The number of furan rings is 1. The number of aromatic nitrogens is 4. The van der Waals surface area contributed by atoms with Crippen molar-refractivity contribution in [2.24, 2.45) is 0 Å². The van der Waals surface area contributed by atoms with Gasteiger partial charge in [0.2, 0.25) is 0 Å². The molecule has 0 radical (unpaired) electrons. The minimum absolute atomic E-state index is 0.0501. The lowest BCUT2D eigenvalue weighted by Crippen LogP contribution is -2.04. The van der Waals surface area contributed by atoms with E-state index >= 15 is 0 Å². The quantitative estimate of drug-likeness (QED) is 0.714. The molecule has 0 unspecified atom stereocenters. The largest absolute Gasteiger partial charge is 0.463 e. The number of Topliss-reactive ketones (excluding diaryl/α,β-unsaturated/α-hetero) is 1. The van der Waals surface area contributed by atoms with Crippen molar-refractivity contribution in [1.82, 2.24) is 19.6 Å². The smallest absolute Gasteiger partial charge is 0.185 e. The number of carbonyl (C=O) groups is 1. The van der Waals surface area contributed by atoms with Gasteiger partial charge in [-0.25, -0.2) is 14.5 Å². The Balaban J connectivity index is 2.24. The van der Waals surface area contributed by atoms with Crippen LogP contribution in [-0.2, 0) is 11.2 Å². The lowest BCUT2D eigenvalue weighted by atomic mass is 10.2. The Bertz CT molecular complexity index is 743. The van der Waals surface area contributed by atoms with Crippen molar-refractivity contribution in [3.05, 3.63) is 36.1 Å². The van der Waals surface area contributed by atoms with E-state index in [1.54, 1.807) is 23.0 Å². The molecule has 0 aliphatic carbocycles. The van der Waals surface area contributed by atoms with E-state index in [2.05, 4.69) is 15.1 Å². The van der Waals surface area contributed by atoms with E-state index < -0.39 is 0 Å². The number of nitrogens with zero attached hydrogens (tertiary/aromatic N) is 4. The van der Waals surface area contributed by atoms with Crippen LogP contribution in [0.1, 0.15) is 18.4 Å². The predicted molar refractivity (Wildman–Crippen MR) is 67.6 cm³/mol. The van der Waals surface area contributed by atoms with Gasteiger partial charge in [0.25, 0.3) is 0 Å². The summed E-state index contributed by atoms with van der Waals surface area (Å²) < 4.78 is 7.01.